The Morgan fingerprint density at radius 1 is 1.38 bits per heavy atom. The first-order valence-corrected chi connectivity index (χ1v) is 10.0. The zero-order valence-corrected chi connectivity index (χ0v) is 15.0. The SMILES string of the molecule is CSCCC(C)N(C)S(=O)(=O)Cc1ccc(C(N)=S)cc1. The summed E-state index contributed by atoms with van der Waals surface area (Å²) in [6, 6.07) is 7.02. The highest BCUT2D eigenvalue weighted by Gasteiger charge is 2.23. The van der Waals surface area contributed by atoms with E-state index in [0.717, 1.165) is 23.3 Å². The average molecular weight is 347 g/mol. The average Bonchev–Trinajstić information content (AvgIpc) is 2.44. The number of thioether (sulfide) groups is 1. The molecule has 0 aromatic heterocycles. The van der Waals surface area contributed by atoms with Gasteiger partial charge in [0.2, 0.25) is 10.0 Å². The monoisotopic (exact) mass is 346 g/mol. The van der Waals surface area contributed by atoms with Gasteiger partial charge in [-0.15, -0.1) is 0 Å². The van der Waals surface area contributed by atoms with Crippen LogP contribution in [0, 0.1) is 0 Å². The minimum absolute atomic E-state index is 0.00153. The van der Waals surface area contributed by atoms with Gasteiger partial charge in [-0.25, -0.2) is 12.7 Å². The lowest BCUT2D eigenvalue weighted by Gasteiger charge is -2.24. The second kappa shape index (κ2) is 8.12. The molecule has 2 N–H and O–H groups in total. The fourth-order valence-electron chi connectivity index (χ4n) is 1.82. The molecular formula is C14H22N2O2S3. The molecule has 21 heavy (non-hydrogen) atoms. The molecule has 0 saturated heterocycles. The molecule has 0 heterocycles. The van der Waals surface area contributed by atoms with Gasteiger partial charge in [-0.05, 0) is 30.9 Å². The second-order valence-corrected chi connectivity index (χ2v) is 8.42. The molecule has 1 unspecified atom stereocenters. The first-order chi connectivity index (χ1) is 9.77. The predicted molar refractivity (Wildman–Crippen MR) is 95.2 cm³/mol. The quantitative estimate of drug-likeness (QED) is 0.731. The van der Waals surface area contributed by atoms with E-state index in [0.29, 0.717) is 4.99 Å². The van der Waals surface area contributed by atoms with Gasteiger partial charge in [0.05, 0.1) is 5.75 Å². The van der Waals surface area contributed by atoms with Crippen molar-refractivity contribution < 1.29 is 8.42 Å². The molecule has 0 fully saturated rings. The van der Waals surface area contributed by atoms with Crippen molar-refractivity contribution in [3.63, 3.8) is 0 Å². The summed E-state index contributed by atoms with van der Waals surface area (Å²) in [4.78, 5) is 0.312. The third-order valence-electron chi connectivity index (χ3n) is 3.39. The first-order valence-electron chi connectivity index (χ1n) is 6.61. The van der Waals surface area contributed by atoms with Gasteiger partial charge in [0.15, 0.2) is 0 Å². The van der Waals surface area contributed by atoms with Crippen LogP contribution in [-0.2, 0) is 15.8 Å². The maximum atomic E-state index is 12.4. The van der Waals surface area contributed by atoms with E-state index in [-0.39, 0.29) is 11.8 Å². The molecule has 1 aromatic carbocycles. The number of sulfonamides is 1. The van der Waals surface area contributed by atoms with Crippen molar-refractivity contribution >= 4 is 39.0 Å². The van der Waals surface area contributed by atoms with E-state index in [1.165, 1.54) is 4.31 Å². The maximum Gasteiger partial charge on any atom is 0.218 e. The predicted octanol–water partition coefficient (Wildman–Crippen LogP) is 2.22. The van der Waals surface area contributed by atoms with Crippen molar-refractivity contribution in [2.45, 2.75) is 25.1 Å². The van der Waals surface area contributed by atoms with Crippen LogP contribution in [0.5, 0.6) is 0 Å². The number of benzene rings is 1. The van der Waals surface area contributed by atoms with Crippen LogP contribution in [0.4, 0.5) is 0 Å². The van der Waals surface area contributed by atoms with Crippen LogP contribution in [0.3, 0.4) is 0 Å². The van der Waals surface area contributed by atoms with Crippen molar-refractivity contribution in [2.75, 3.05) is 19.1 Å². The van der Waals surface area contributed by atoms with Crippen molar-refractivity contribution in [3.8, 4) is 0 Å². The number of hydrogen-bond acceptors (Lipinski definition) is 4. The summed E-state index contributed by atoms with van der Waals surface area (Å²) in [6.07, 6.45) is 2.86. The van der Waals surface area contributed by atoms with E-state index in [9.17, 15) is 8.42 Å². The van der Waals surface area contributed by atoms with Crippen molar-refractivity contribution in [1.82, 2.24) is 4.31 Å². The first kappa shape index (κ1) is 18.4. The zero-order valence-electron chi connectivity index (χ0n) is 12.6. The Hall–Kier alpha value is -0.630. The zero-order chi connectivity index (χ0) is 16.0. The third kappa shape index (κ3) is 5.58. The van der Waals surface area contributed by atoms with Crippen LogP contribution in [0.2, 0.25) is 0 Å². The molecular weight excluding hydrogens is 324 g/mol. The molecule has 4 nitrogen and oxygen atoms in total. The van der Waals surface area contributed by atoms with E-state index in [4.69, 9.17) is 18.0 Å². The third-order valence-corrected chi connectivity index (χ3v) is 6.20. The molecule has 0 amide bonds. The maximum absolute atomic E-state index is 12.4. The standard InChI is InChI=1S/C14H22N2O2S3/c1-11(8-9-20-3)16(2)21(17,18)10-12-4-6-13(7-5-12)14(15)19/h4-7,11H,8-10H2,1-3H3,(H2,15,19). The molecule has 0 spiro atoms. The fraction of sp³-hybridized carbons (Fsp3) is 0.500. The van der Waals surface area contributed by atoms with Crippen LogP contribution in [0.1, 0.15) is 24.5 Å². The highest BCUT2D eigenvalue weighted by molar-refractivity contribution is 7.98. The molecule has 1 aromatic rings. The van der Waals surface area contributed by atoms with Gasteiger partial charge in [-0.3, -0.25) is 0 Å². The molecule has 0 aliphatic carbocycles. The van der Waals surface area contributed by atoms with Crippen LogP contribution < -0.4 is 5.73 Å². The Morgan fingerprint density at radius 2 is 1.95 bits per heavy atom. The van der Waals surface area contributed by atoms with Gasteiger partial charge in [0.1, 0.15) is 4.99 Å². The summed E-state index contributed by atoms with van der Waals surface area (Å²) in [5, 5.41) is 0. The van der Waals surface area contributed by atoms with Gasteiger partial charge >= 0.3 is 0 Å². The minimum atomic E-state index is -3.32. The van der Waals surface area contributed by atoms with E-state index < -0.39 is 10.0 Å². The van der Waals surface area contributed by atoms with Crippen LogP contribution in [0.25, 0.3) is 0 Å². The number of nitrogens with two attached hydrogens (primary N) is 1. The van der Waals surface area contributed by atoms with E-state index in [1.54, 1.807) is 43.1 Å². The molecule has 1 atom stereocenters. The Morgan fingerprint density at radius 3 is 2.43 bits per heavy atom. The molecule has 118 valence electrons. The van der Waals surface area contributed by atoms with Crippen molar-refractivity contribution in [3.05, 3.63) is 35.4 Å². The molecule has 1 rings (SSSR count). The molecule has 0 aliphatic rings. The summed E-state index contributed by atoms with van der Waals surface area (Å²) in [5.74, 6) is 0.939. The Kier molecular flexibility index (Phi) is 7.12. The summed E-state index contributed by atoms with van der Waals surface area (Å²) in [7, 11) is -1.67. The van der Waals surface area contributed by atoms with Gasteiger partial charge in [0.25, 0.3) is 0 Å². The normalized spacial score (nSPS) is 13.3. The second-order valence-electron chi connectivity index (χ2n) is 4.96. The summed E-state index contributed by atoms with van der Waals surface area (Å²) in [5.41, 5.74) is 7.01. The van der Waals surface area contributed by atoms with E-state index in [1.807, 2.05) is 13.2 Å². The lowest BCUT2D eigenvalue weighted by atomic mass is 10.1. The highest BCUT2D eigenvalue weighted by Crippen LogP contribution is 2.15. The van der Waals surface area contributed by atoms with Crippen LogP contribution in [0.15, 0.2) is 24.3 Å². The number of hydrogen-bond donors (Lipinski definition) is 1. The molecule has 0 bridgehead atoms. The topological polar surface area (TPSA) is 63.4 Å². The molecule has 0 aliphatic heterocycles. The van der Waals surface area contributed by atoms with Gasteiger partial charge in [-0.2, -0.15) is 11.8 Å². The minimum Gasteiger partial charge on any atom is -0.389 e. The molecule has 0 radical (unpaired) electrons. The van der Waals surface area contributed by atoms with Gasteiger partial charge < -0.3 is 5.73 Å². The number of nitrogens with zero attached hydrogens (tertiary/aromatic N) is 1. The molecule has 0 saturated carbocycles. The van der Waals surface area contributed by atoms with Crippen LogP contribution >= 0.6 is 24.0 Å². The van der Waals surface area contributed by atoms with Crippen molar-refractivity contribution in [2.24, 2.45) is 5.73 Å². The van der Waals surface area contributed by atoms with E-state index >= 15 is 0 Å². The Balaban J connectivity index is 2.77. The van der Waals surface area contributed by atoms with E-state index in [2.05, 4.69) is 0 Å². The van der Waals surface area contributed by atoms with Crippen LogP contribution in [-0.4, -0.2) is 42.8 Å². The lowest BCUT2D eigenvalue weighted by Crippen LogP contribution is -2.36. The Bertz CT molecular complexity index is 570. The molecule has 7 heteroatoms. The number of rotatable bonds is 8. The summed E-state index contributed by atoms with van der Waals surface area (Å²) >= 11 is 6.60. The van der Waals surface area contributed by atoms with Gasteiger partial charge in [-0.1, -0.05) is 36.5 Å². The largest absolute Gasteiger partial charge is 0.389 e. The van der Waals surface area contributed by atoms with Crippen molar-refractivity contribution in [1.29, 1.82) is 0 Å². The summed E-state index contributed by atoms with van der Waals surface area (Å²) < 4.78 is 26.2. The Labute approximate surface area is 137 Å². The lowest BCUT2D eigenvalue weighted by molar-refractivity contribution is 0.382. The number of thiocarbonyl (C=S) groups is 1. The smallest absolute Gasteiger partial charge is 0.218 e. The summed E-state index contributed by atoms with van der Waals surface area (Å²) in [6.45, 7) is 1.93. The van der Waals surface area contributed by atoms with Gasteiger partial charge in [0, 0.05) is 18.7 Å². The fourth-order valence-corrected chi connectivity index (χ4v) is 4.01. The highest BCUT2D eigenvalue weighted by atomic mass is 32.2.